The fourth-order valence-electron chi connectivity index (χ4n) is 3.64. The normalized spacial score (nSPS) is 29.6. The van der Waals surface area contributed by atoms with Gasteiger partial charge in [-0.05, 0) is 49.9 Å². The van der Waals surface area contributed by atoms with E-state index in [0.29, 0.717) is 11.8 Å². The summed E-state index contributed by atoms with van der Waals surface area (Å²) in [5.74, 6) is 0.577. The van der Waals surface area contributed by atoms with Gasteiger partial charge in [-0.1, -0.05) is 6.07 Å². The molecule has 2 atom stereocenters. The zero-order valence-electron chi connectivity index (χ0n) is 11.5. The van der Waals surface area contributed by atoms with Crippen LogP contribution in [0.3, 0.4) is 0 Å². The minimum Gasteiger partial charge on any atom is -0.505 e. The van der Waals surface area contributed by atoms with E-state index in [1.54, 1.807) is 6.07 Å². The van der Waals surface area contributed by atoms with E-state index in [2.05, 4.69) is 24.1 Å². The van der Waals surface area contributed by atoms with Crippen molar-refractivity contribution >= 4 is 0 Å². The molecule has 2 saturated heterocycles. The molecule has 0 radical (unpaired) electrons. The van der Waals surface area contributed by atoms with Gasteiger partial charge in [0, 0.05) is 25.2 Å². The van der Waals surface area contributed by atoms with E-state index >= 15 is 0 Å². The molecule has 3 nitrogen and oxygen atoms in total. The van der Waals surface area contributed by atoms with E-state index in [-0.39, 0.29) is 11.3 Å². The smallest absolute Gasteiger partial charge is 0.165 e. The van der Waals surface area contributed by atoms with Gasteiger partial charge in [0.2, 0.25) is 0 Å². The van der Waals surface area contributed by atoms with Crippen molar-refractivity contribution in [3.8, 4) is 5.75 Å². The molecule has 0 saturated carbocycles. The summed E-state index contributed by atoms with van der Waals surface area (Å²) < 4.78 is 13.4. The molecule has 2 aliphatic rings. The van der Waals surface area contributed by atoms with Gasteiger partial charge in [-0.2, -0.15) is 0 Å². The van der Waals surface area contributed by atoms with Crippen molar-refractivity contribution in [1.82, 2.24) is 10.2 Å². The largest absolute Gasteiger partial charge is 0.505 e. The monoisotopic (exact) mass is 264 g/mol. The lowest BCUT2D eigenvalue weighted by atomic mass is 9.85. The molecule has 0 spiro atoms. The molecule has 0 aromatic heterocycles. The second-order valence-corrected chi connectivity index (χ2v) is 6.34. The van der Waals surface area contributed by atoms with Gasteiger partial charge in [-0.25, -0.2) is 4.39 Å². The van der Waals surface area contributed by atoms with Crippen LogP contribution in [-0.2, 0) is 6.54 Å². The number of fused-ring (bicyclic) bond motifs is 1. The van der Waals surface area contributed by atoms with Gasteiger partial charge in [0.1, 0.15) is 0 Å². The lowest BCUT2D eigenvalue weighted by Gasteiger charge is -2.35. The highest BCUT2D eigenvalue weighted by atomic mass is 19.1. The Morgan fingerprint density at radius 3 is 2.89 bits per heavy atom. The van der Waals surface area contributed by atoms with Crippen LogP contribution in [0.5, 0.6) is 5.75 Å². The van der Waals surface area contributed by atoms with E-state index in [0.717, 1.165) is 31.7 Å². The number of nitrogens with one attached hydrogen (secondary N) is 1. The quantitative estimate of drug-likeness (QED) is 0.857. The molecule has 0 bridgehead atoms. The molecule has 2 N–H and O–H groups in total. The number of benzene rings is 1. The molecule has 2 heterocycles. The van der Waals surface area contributed by atoms with Crippen molar-refractivity contribution in [2.45, 2.75) is 25.9 Å². The van der Waals surface area contributed by atoms with Crippen LogP contribution in [0.1, 0.15) is 19.4 Å². The topological polar surface area (TPSA) is 35.5 Å². The highest BCUT2D eigenvalue weighted by molar-refractivity contribution is 5.28. The molecule has 2 fully saturated rings. The molecular weight excluding hydrogens is 243 g/mol. The first kappa shape index (κ1) is 12.9. The molecule has 19 heavy (non-hydrogen) atoms. The Kier molecular flexibility index (Phi) is 3.02. The van der Waals surface area contributed by atoms with Gasteiger partial charge < -0.3 is 10.4 Å². The summed E-state index contributed by atoms with van der Waals surface area (Å²) in [6, 6.07) is 4.69. The van der Waals surface area contributed by atoms with Crippen LogP contribution < -0.4 is 5.32 Å². The fraction of sp³-hybridized carbons (Fsp3) is 0.600. The van der Waals surface area contributed by atoms with Crippen molar-refractivity contribution in [1.29, 1.82) is 0 Å². The summed E-state index contributed by atoms with van der Waals surface area (Å²) in [6.45, 7) is 8.54. The lowest BCUT2D eigenvalue weighted by Crippen LogP contribution is -2.43. The first-order valence-corrected chi connectivity index (χ1v) is 6.91. The first-order valence-electron chi connectivity index (χ1n) is 6.91. The van der Waals surface area contributed by atoms with Crippen molar-refractivity contribution in [2.75, 3.05) is 19.6 Å². The van der Waals surface area contributed by atoms with Crippen molar-refractivity contribution < 1.29 is 9.50 Å². The number of phenolic OH excluding ortho intramolecular Hbond substituents is 1. The number of hydrogen-bond acceptors (Lipinski definition) is 3. The molecule has 104 valence electrons. The number of phenols is 1. The van der Waals surface area contributed by atoms with Crippen molar-refractivity contribution in [2.24, 2.45) is 11.8 Å². The van der Waals surface area contributed by atoms with E-state index in [1.165, 1.54) is 12.1 Å². The number of hydrogen-bond donors (Lipinski definition) is 2. The second-order valence-electron chi connectivity index (χ2n) is 6.34. The average molecular weight is 264 g/mol. The predicted octanol–water partition coefficient (Wildman–Crippen LogP) is 1.96. The third kappa shape index (κ3) is 2.13. The Bertz CT molecular complexity index is 489. The second kappa shape index (κ2) is 4.46. The molecule has 0 aliphatic carbocycles. The molecule has 1 aromatic carbocycles. The van der Waals surface area contributed by atoms with Gasteiger partial charge in [-0.3, -0.25) is 4.90 Å². The van der Waals surface area contributed by atoms with Crippen LogP contribution in [0.25, 0.3) is 0 Å². The lowest BCUT2D eigenvalue weighted by molar-refractivity contribution is 0.132. The van der Waals surface area contributed by atoms with Gasteiger partial charge >= 0.3 is 0 Å². The minimum absolute atomic E-state index is 0.141. The van der Waals surface area contributed by atoms with E-state index in [1.807, 2.05) is 0 Å². The molecule has 2 aliphatic heterocycles. The molecular formula is C15H21FN2O. The highest BCUT2D eigenvalue weighted by Crippen LogP contribution is 2.41. The van der Waals surface area contributed by atoms with Gasteiger partial charge in [0.25, 0.3) is 0 Å². The highest BCUT2D eigenvalue weighted by Gasteiger charge is 2.49. The maximum absolute atomic E-state index is 13.4. The zero-order valence-corrected chi connectivity index (χ0v) is 11.5. The molecule has 0 amide bonds. The Labute approximate surface area is 113 Å². The SMILES string of the molecule is CC1(C)C2CNCC2CN1Cc1ccc(O)c(F)c1. The third-order valence-electron chi connectivity index (χ3n) is 4.90. The van der Waals surface area contributed by atoms with Crippen LogP contribution in [0.15, 0.2) is 18.2 Å². The average Bonchev–Trinajstić information content (AvgIpc) is 2.89. The van der Waals surface area contributed by atoms with Gasteiger partial charge in [-0.15, -0.1) is 0 Å². The Balaban J connectivity index is 1.78. The standard InChI is InChI=1S/C15H21FN2O/c1-15(2)12-7-17-6-11(12)9-18(15)8-10-3-4-14(19)13(16)5-10/h3-5,11-12,17,19H,6-9H2,1-2H3. The van der Waals surface area contributed by atoms with E-state index in [4.69, 9.17) is 0 Å². The molecule has 3 rings (SSSR count). The van der Waals surface area contributed by atoms with Crippen LogP contribution in [0.4, 0.5) is 4.39 Å². The molecule has 2 unspecified atom stereocenters. The number of rotatable bonds is 2. The number of likely N-dealkylation sites (tertiary alicyclic amines) is 1. The summed E-state index contributed by atoms with van der Waals surface area (Å²) in [5.41, 5.74) is 1.07. The molecule has 1 aromatic rings. The summed E-state index contributed by atoms with van der Waals surface area (Å²) >= 11 is 0. The van der Waals surface area contributed by atoms with Crippen molar-refractivity contribution in [3.05, 3.63) is 29.6 Å². The Morgan fingerprint density at radius 2 is 2.21 bits per heavy atom. The fourth-order valence-corrected chi connectivity index (χ4v) is 3.64. The van der Waals surface area contributed by atoms with Gasteiger partial charge in [0.15, 0.2) is 11.6 Å². The maximum Gasteiger partial charge on any atom is 0.165 e. The van der Waals surface area contributed by atoms with Gasteiger partial charge in [0.05, 0.1) is 0 Å². The van der Waals surface area contributed by atoms with E-state index < -0.39 is 5.82 Å². The number of nitrogens with zero attached hydrogens (tertiary/aromatic N) is 1. The summed E-state index contributed by atoms with van der Waals surface area (Å²) in [7, 11) is 0. The number of aromatic hydroxyl groups is 1. The molecule has 4 heteroatoms. The van der Waals surface area contributed by atoms with Crippen LogP contribution in [0, 0.1) is 17.7 Å². The first-order chi connectivity index (χ1) is 8.98. The van der Waals surface area contributed by atoms with Crippen molar-refractivity contribution in [3.63, 3.8) is 0 Å². The summed E-state index contributed by atoms with van der Waals surface area (Å²) in [6.07, 6.45) is 0. The van der Waals surface area contributed by atoms with Crippen LogP contribution >= 0.6 is 0 Å². The Morgan fingerprint density at radius 1 is 1.42 bits per heavy atom. The third-order valence-corrected chi connectivity index (χ3v) is 4.90. The summed E-state index contributed by atoms with van der Waals surface area (Å²) in [5, 5.41) is 12.7. The van der Waals surface area contributed by atoms with Crippen LogP contribution in [-0.4, -0.2) is 35.2 Å². The minimum atomic E-state index is -0.531. The number of halogens is 1. The Hall–Kier alpha value is -1.13. The maximum atomic E-state index is 13.4. The predicted molar refractivity (Wildman–Crippen MR) is 72.4 cm³/mol. The van der Waals surface area contributed by atoms with E-state index in [9.17, 15) is 9.50 Å². The zero-order chi connectivity index (χ0) is 13.6. The summed E-state index contributed by atoms with van der Waals surface area (Å²) in [4.78, 5) is 2.44. The van der Waals surface area contributed by atoms with Crippen LogP contribution in [0.2, 0.25) is 0 Å².